The Morgan fingerprint density at radius 2 is 2.15 bits per heavy atom. The highest BCUT2D eigenvalue weighted by molar-refractivity contribution is 5.78. The Morgan fingerprint density at radius 3 is 2.88 bits per heavy atom. The van der Waals surface area contributed by atoms with Gasteiger partial charge in [0.15, 0.2) is 0 Å². The molecule has 2 aliphatic heterocycles. The molecule has 2 amide bonds. The zero-order valence-electron chi connectivity index (χ0n) is 16.1. The number of amides is 2. The Labute approximate surface area is 156 Å². The maximum atomic E-state index is 12.6. The number of aromatic nitrogens is 1. The van der Waals surface area contributed by atoms with Gasteiger partial charge >= 0.3 is 0 Å². The van der Waals surface area contributed by atoms with Crippen molar-refractivity contribution < 1.29 is 9.59 Å². The summed E-state index contributed by atoms with van der Waals surface area (Å²) in [6.45, 7) is 7.38. The molecule has 2 aliphatic rings. The highest BCUT2D eigenvalue weighted by atomic mass is 16.2. The van der Waals surface area contributed by atoms with Crippen molar-refractivity contribution in [2.75, 3.05) is 19.6 Å². The minimum Gasteiger partial charge on any atom is -0.342 e. The van der Waals surface area contributed by atoms with Crippen molar-refractivity contribution in [2.24, 2.45) is 11.3 Å². The summed E-state index contributed by atoms with van der Waals surface area (Å²) in [5, 5.41) is 0. The van der Waals surface area contributed by atoms with Gasteiger partial charge in [0.05, 0.1) is 0 Å². The van der Waals surface area contributed by atoms with E-state index in [1.54, 1.807) is 6.20 Å². The molecule has 2 saturated heterocycles. The number of hydrogen-bond donors (Lipinski definition) is 0. The number of piperidine rings is 2. The lowest BCUT2D eigenvalue weighted by molar-refractivity contribution is -0.143. The molecule has 1 spiro atoms. The molecule has 5 heteroatoms. The number of rotatable bonds is 5. The van der Waals surface area contributed by atoms with Crippen LogP contribution in [0.1, 0.15) is 57.9 Å². The maximum Gasteiger partial charge on any atom is 0.222 e. The van der Waals surface area contributed by atoms with E-state index in [-0.39, 0.29) is 17.2 Å². The molecule has 0 aliphatic carbocycles. The largest absolute Gasteiger partial charge is 0.342 e. The topological polar surface area (TPSA) is 53.5 Å². The monoisotopic (exact) mass is 357 g/mol. The molecule has 26 heavy (non-hydrogen) atoms. The number of carbonyl (C=O) groups excluding carboxylic acids is 2. The van der Waals surface area contributed by atoms with Crippen molar-refractivity contribution in [3.8, 4) is 0 Å². The van der Waals surface area contributed by atoms with Crippen LogP contribution in [0.15, 0.2) is 24.5 Å². The molecular formula is C21H31N3O2. The van der Waals surface area contributed by atoms with Crippen LogP contribution in [-0.4, -0.2) is 46.2 Å². The molecule has 0 radical (unpaired) electrons. The second-order valence-corrected chi connectivity index (χ2v) is 8.46. The zero-order chi connectivity index (χ0) is 18.6. The van der Waals surface area contributed by atoms with Gasteiger partial charge in [0.25, 0.3) is 0 Å². The summed E-state index contributed by atoms with van der Waals surface area (Å²) in [4.78, 5) is 33.2. The van der Waals surface area contributed by atoms with E-state index < -0.39 is 0 Å². The van der Waals surface area contributed by atoms with Gasteiger partial charge in [-0.3, -0.25) is 14.6 Å². The molecule has 0 aromatic carbocycles. The van der Waals surface area contributed by atoms with Crippen LogP contribution in [0.2, 0.25) is 0 Å². The second-order valence-electron chi connectivity index (χ2n) is 8.46. The summed E-state index contributed by atoms with van der Waals surface area (Å²) in [6.07, 6.45) is 8.83. The second kappa shape index (κ2) is 8.19. The Kier molecular flexibility index (Phi) is 5.94. The van der Waals surface area contributed by atoms with Crippen molar-refractivity contribution in [2.45, 2.75) is 58.9 Å². The number of pyridine rings is 1. The number of carbonyl (C=O) groups is 2. The Balaban J connectivity index is 1.64. The SMILES string of the molecule is CC(C)CCC(=O)N1CCC[C@@]2(CCC(=O)N(Cc3cccnc3)C2)C1. The van der Waals surface area contributed by atoms with Gasteiger partial charge in [-0.1, -0.05) is 19.9 Å². The van der Waals surface area contributed by atoms with E-state index in [2.05, 4.69) is 23.7 Å². The number of hydrogen-bond acceptors (Lipinski definition) is 3. The van der Waals surface area contributed by atoms with E-state index in [1.807, 2.05) is 23.2 Å². The van der Waals surface area contributed by atoms with E-state index in [4.69, 9.17) is 0 Å². The molecule has 3 rings (SSSR count). The van der Waals surface area contributed by atoms with Crippen LogP contribution in [0.5, 0.6) is 0 Å². The molecule has 142 valence electrons. The fourth-order valence-electron chi connectivity index (χ4n) is 4.28. The van der Waals surface area contributed by atoms with Crippen LogP contribution in [0.4, 0.5) is 0 Å². The third kappa shape index (κ3) is 4.63. The van der Waals surface area contributed by atoms with Crippen LogP contribution in [0.3, 0.4) is 0 Å². The number of nitrogens with zero attached hydrogens (tertiary/aromatic N) is 3. The summed E-state index contributed by atoms with van der Waals surface area (Å²) in [6, 6.07) is 3.93. The molecule has 1 aromatic heterocycles. The molecule has 5 nitrogen and oxygen atoms in total. The fourth-order valence-corrected chi connectivity index (χ4v) is 4.28. The Hall–Kier alpha value is -1.91. The molecule has 2 fully saturated rings. The van der Waals surface area contributed by atoms with Crippen molar-refractivity contribution in [1.82, 2.24) is 14.8 Å². The summed E-state index contributed by atoms with van der Waals surface area (Å²) in [5.41, 5.74) is 1.14. The van der Waals surface area contributed by atoms with E-state index >= 15 is 0 Å². The predicted octanol–water partition coefficient (Wildman–Crippen LogP) is 3.25. The fraction of sp³-hybridized carbons (Fsp3) is 0.667. The van der Waals surface area contributed by atoms with Gasteiger partial charge in [0, 0.05) is 56.8 Å². The summed E-state index contributed by atoms with van der Waals surface area (Å²) >= 11 is 0. The minimum absolute atomic E-state index is 0.0713. The van der Waals surface area contributed by atoms with Gasteiger partial charge in [-0.2, -0.15) is 0 Å². The van der Waals surface area contributed by atoms with Crippen LogP contribution in [0.25, 0.3) is 0 Å². The molecule has 0 bridgehead atoms. The maximum absolute atomic E-state index is 12.6. The van der Waals surface area contributed by atoms with E-state index in [1.165, 1.54) is 0 Å². The van der Waals surface area contributed by atoms with Crippen LogP contribution in [0, 0.1) is 11.3 Å². The normalized spacial score (nSPS) is 23.7. The lowest BCUT2D eigenvalue weighted by Gasteiger charge is -2.48. The van der Waals surface area contributed by atoms with Gasteiger partial charge in [-0.15, -0.1) is 0 Å². The molecular weight excluding hydrogens is 326 g/mol. The molecule has 0 N–H and O–H groups in total. The van der Waals surface area contributed by atoms with Crippen molar-refractivity contribution in [3.63, 3.8) is 0 Å². The summed E-state index contributed by atoms with van der Waals surface area (Å²) < 4.78 is 0. The van der Waals surface area contributed by atoms with Crippen molar-refractivity contribution in [3.05, 3.63) is 30.1 Å². The van der Waals surface area contributed by atoms with Crippen molar-refractivity contribution in [1.29, 1.82) is 0 Å². The van der Waals surface area contributed by atoms with Crippen molar-refractivity contribution >= 4 is 11.8 Å². The van der Waals surface area contributed by atoms with Gasteiger partial charge in [-0.25, -0.2) is 0 Å². The lowest BCUT2D eigenvalue weighted by Crippen LogP contribution is -2.54. The van der Waals surface area contributed by atoms with Gasteiger partial charge in [0.1, 0.15) is 0 Å². The molecule has 3 heterocycles. The van der Waals surface area contributed by atoms with E-state index in [0.717, 1.165) is 50.9 Å². The Bertz CT molecular complexity index is 631. The molecule has 1 atom stereocenters. The highest BCUT2D eigenvalue weighted by Gasteiger charge is 2.42. The third-order valence-corrected chi connectivity index (χ3v) is 5.79. The van der Waals surface area contributed by atoms with Gasteiger partial charge in [-0.05, 0) is 43.2 Å². The number of likely N-dealkylation sites (tertiary alicyclic amines) is 2. The van der Waals surface area contributed by atoms with Gasteiger partial charge < -0.3 is 9.80 Å². The first-order valence-electron chi connectivity index (χ1n) is 9.92. The smallest absolute Gasteiger partial charge is 0.222 e. The highest BCUT2D eigenvalue weighted by Crippen LogP contribution is 2.39. The van der Waals surface area contributed by atoms with E-state index in [9.17, 15) is 9.59 Å². The van der Waals surface area contributed by atoms with E-state index in [0.29, 0.717) is 25.3 Å². The average molecular weight is 357 g/mol. The van der Waals surface area contributed by atoms with Crippen LogP contribution in [-0.2, 0) is 16.1 Å². The third-order valence-electron chi connectivity index (χ3n) is 5.79. The first-order valence-corrected chi connectivity index (χ1v) is 9.92. The first kappa shape index (κ1) is 18.9. The minimum atomic E-state index is 0.0713. The summed E-state index contributed by atoms with van der Waals surface area (Å²) in [5.74, 6) is 1.07. The lowest BCUT2D eigenvalue weighted by atomic mass is 9.73. The van der Waals surface area contributed by atoms with Crippen LogP contribution < -0.4 is 0 Å². The first-order chi connectivity index (χ1) is 12.5. The predicted molar refractivity (Wildman–Crippen MR) is 101 cm³/mol. The van der Waals surface area contributed by atoms with Gasteiger partial charge in [0.2, 0.25) is 11.8 Å². The molecule has 0 saturated carbocycles. The Morgan fingerprint density at radius 1 is 1.31 bits per heavy atom. The zero-order valence-corrected chi connectivity index (χ0v) is 16.1. The summed E-state index contributed by atoms with van der Waals surface area (Å²) in [7, 11) is 0. The standard InChI is InChI=1S/C21H31N3O2/c1-17(2)6-7-19(25)23-12-4-9-21(15-23)10-8-20(26)24(16-21)14-18-5-3-11-22-13-18/h3,5,11,13,17H,4,6-10,12,14-16H2,1-2H3/t21-/m1/s1. The molecule has 0 unspecified atom stereocenters. The average Bonchev–Trinajstić information content (AvgIpc) is 2.64. The quantitative estimate of drug-likeness (QED) is 0.813. The van der Waals surface area contributed by atoms with Crippen LogP contribution >= 0.6 is 0 Å². The molecule has 1 aromatic rings.